The van der Waals surface area contributed by atoms with Crippen molar-refractivity contribution >= 4 is 12.0 Å². The van der Waals surface area contributed by atoms with Crippen LogP contribution in [0.25, 0.3) is 6.08 Å². The lowest BCUT2D eigenvalue weighted by Gasteiger charge is -2.17. The Balaban J connectivity index is 2.17. The van der Waals surface area contributed by atoms with E-state index in [1.165, 1.54) is 6.08 Å². The number of nitrogens with zero attached hydrogens (tertiary/aromatic N) is 1. The Morgan fingerprint density at radius 1 is 1.32 bits per heavy atom. The monoisotopic (exact) mass is 261 g/mol. The summed E-state index contributed by atoms with van der Waals surface area (Å²) >= 11 is 0. The van der Waals surface area contributed by atoms with Crippen LogP contribution < -0.4 is 0 Å². The maximum absolute atomic E-state index is 11.4. The minimum atomic E-state index is -0.304. The van der Waals surface area contributed by atoms with Crippen molar-refractivity contribution in [3.8, 4) is 0 Å². The van der Waals surface area contributed by atoms with E-state index in [4.69, 9.17) is 4.74 Å². The Bertz CT molecular complexity index is 405. The van der Waals surface area contributed by atoms with Crippen molar-refractivity contribution < 1.29 is 9.53 Å². The fraction of sp³-hybridized carbons (Fsp3) is 0.500. The van der Waals surface area contributed by atoms with Gasteiger partial charge in [-0.1, -0.05) is 26.8 Å². The predicted octanol–water partition coefficient (Wildman–Crippen LogP) is 3.85. The molecular weight excluding hydrogens is 238 g/mol. The lowest BCUT2D eigenvalue weighted by molar-refractivity contribution is -0.137. The lowest BCUT2D eigenvalue weighted by Crippen LogP contribution is -2.06. The summed E-state index contributed by atoms with van der Waals surface area (Å²) in [5.41, 5.74) is 1.11. The van der Waals surface area contributed by atoms with Crippen molar-refractivity contribution in [3.63, 3.8) is 0 Å². The number of hydrogen-bond acceptors (Lipinski definition) is 3. The zero-order valence-corrected chi connectivity index (χ0v) is 12.1. The fourth-order valence-corrected chi connectivity index (χ4v) is 1.61. The van der Waals surface area contributed by atoms with Gasteiger partial charge in [-0.05, 0) is 42.9 Å². The SMILES string of the molecule is CC(C)(C)CCCCOC(=O)/C=C/c1ccccn1. The number of esters is 1. The van der Waals surface area contributed by atoms with Crippen LogP contribution in [-0.4, -0.2) is 17.6 Å². The van der Waals surface area contributed by atoms with Gasteiger partial charge in [0.1, 0.15) is 0 Å². The van der Waals surface area contributed by atoms with Gasteiger partial charge >= 0.3 is 5.97 Å². The Morgan fingerprint density at radius 3 is 2.74 bits per heavy atom. The van der Waals surface area contributed by atoms with Crippen LogP contribution >= 0.6 is 0 Å². The molecule has 0 aliphatic heterocycles. The first-order valence-corrected chi connectivity index (χ1v) is 6.73. The lowest BCUT2D eigenvalue weighted by atomic mass is 9.90. The van der Waals surface area contributed by atoms with Gasteiger partial charge in [-0.25, -0.2) is 4.79 Å². The van der Waals surface area contributed by atoms with Crippen LogP contribution in [-0.2, 0) is 9.53 Å². The molecule has 0 radical (unpaired) electrons. The first-order valence-electron chi connectivity index (χ1n) is 6.73. The summed E-state index contributed by atoms with van der Waals surface area (Å²) in [6.45, 7) is 7.14. The number of carbonyl (C=O) groups is 1. The van der Waals surface area contributed by atoms with E-state index in [2.05, 4.69) is 25.8 Å². The second-order valence-electron chi connectivity index (χ2n) is 5.77. The molecule has 0 amide bonds. The van der Waals surface area contributed by atoms with Crippen molar-refractivity contribution in [2.24, 2.45) is 5.41 Å². The van der Waals surface area contributed by atoms with Gasteiger partial charge in [0, 0.05) is 12.3 Å². The third-order valence-electron chi connectivity index (χ3n) is 2.64. The summed E-state index contributed by atoms with van der Waals surface area (Å²) in [5.74, 6) is -0.304. The standard InChI is InChI=1S/C16H23NO2/c1-16(2,3)11-5-7-13-19-15(18)10-9-14-8-4-6-12-17-14/h4,6,8-10,12H,5,7,11,13H2,1-3H3/b10-9+. The molecule has 0 spiro atoms. The van der Waals surface area contributed by atoms with E-state index < -0.39 is 0 Å². The molecule has 104 valence electrons. The predicted molar refractivity (Wildman–Crippen MR) is 77.5 cm³/mol. The molecule has 0 unspecified atom stereocenters. The van der Waals surface area contributed by atoms with Crippen molar-refractivity contribution in [1.82, 2.24) is 4.98 Å². The molecule has 1 aromatic rings. The van der Waals surface area contributed by atoms with Crippen LogP contribution in [0.3, 0.4) is 0 Å². The van der Waals surface area contributed by atoms with E-state index in [1.807, 2.05) is 18.2 Å². The average molecular weight is 261 g/mol. The van der Waals surface area contributed by atoms with Gasteiger partial charge in [0.25, 0.3) is 0 Å². The summed E-state index contributed by atoms with van der Waals surface area (Å²) in [7, 11) is 0. The van der Waals surface area contributed by atoms with E-state index in [1.54, 1.807) is 12.3 Å². The Hall–Kier alpha value is -1.64. The summed E-state index contributed by atoms with van der Waals surface area (Å²) in [6.07, 6.45) is 7.93. The van der Waals surface area contributed by atoms with Gasteiger partial charge in [-0.3, -0.25) is 4.98 Å². The van der Waals surface area contributed by atoms with Crippen molar-refractivity contribution in [2.75, 3.05) is 6.61 Å². The summed E-state index contributed by atoms with van der Waals surface area (Å²) in [6, 6.07) is 5.56. The van der Waals surface area contributed by atoms with Crippen molar-refractivity contribution in [2.45, 2.75) is 40.0 Å². The molecule has 1 rings (SSSR count). The van der Waals surface area contributed by atoms with Crippen molar-refractivity contribution in [3.05, 3.63) is 36.2 Å². The van der Waals surface area contributed by atoms with Gasteiger partial charge in [0.2, 0.25) is 0 Å². The number of aromatic nitrogens is 1. The van der Waals surface area contributed by atoms with Crippen LogP contribution in [0.15, 0.2) is 30.5 Å². The minimum absolute atomic E-state index is 0.304. The maximum Gasteiger partial charge on any atom is 0.330 e. The molecule has 1 heterocycles. The number of unbranched alkanes of at least 4 members (excludes halogenated alkanes) is 1. The number of rotatable bonds is 6. The maximum atomic E-state index is 11.4. The molecule has 0 atom stereocenters. The molecule has 0 saturated heterocycles. The molecule has 0 aliphatic carbocycles. The number of ether oxygens (including phenoxy) is 1. The number of pyridine rings is 1. The molecule has 0 fully saturated rings. The first kappa shape index (κ1) is 15.4. The van der Waals surface area contributed by atoms with Crippen LogP contribution in [0.1, 0.15) is 45.7 Å². The molecule has 0 bridgehead atoms. The van der Waals surface area contributed by atoms with E-state index in [0.717, 1.165) is 25.0 Å². The van der Waals surface area contributed by atoms with Gasteiger partial charge in [0.05, 0.1) is 12.3 Å². The normalized spacial score (nSPS) is 11.7. The molecule has 3 heteroatoms. The van der Waals surface area contributed by atoms with Crippen LogP contribution in [0, 0.1) is 5.41 Å². The van der Waals surface area contributed by atoms with Gasteiger partial charge < -0.3 is 4.74 Å². The molecule has 3 nitrogen and oxygen atoms in total. The zero-order valence-electron chi connectivity index (χ0n) is 12.1. The van der Waals surface area contributed by atoms with E-state index in [9.17, 15) is 4.79 Å². The number of carbonyl (C=O) groups excluding carboxylic acids is 1. The summed E-state index contributed by atoms with van der Waals surface area (Å²) in [5, 5.41) is 0. The fourth-order valence-electron chi connectivity index (χ4n) is 1.61. The highest BCUT2D eigenvalue weighted by atomic mass is 16.5. The van der Waals surface area contributed by atoms with Crippen LogP contribution in [0.4, 0.5) is 0 Å². The molecule has 0 N–H and O–H groups in total. The highest BCUT2D eigenvalue weighted by Crippen LogP contribution is 2.21. The Morgan fingerprint density at radius 2 is 2.11 bits per heavy atom. The van der Waals surface area contributed by atoms with E-state index in [0.29, 0.717) is 12.0 Å². The minimum Gasteiger partial charge on any atom is -0.463 e. The third kappa shape index (κ3) is 8.14. The number of hydrogen-bond donors (Lipinski definition) is 0. The molecule has 0 aromatic carbocycles. The molecule has 19 heavy (non-hydrogen) atoms. The highest BCUT2D eigenvalue weighted by Gasteiger charge is 2.09. The van der Waals surface area contributed by atoms with Crippen LogP contribution in [0.5, 0.6) is 0 Å². The van der Waals surface area contributed by atoms with Gasteiger partial charge in [-0.2, -0.15) is 0 Å². The topological polar surface area (TPSA) is 39.2 Å². The van der Waals surface area contributed by atoms with Gasteiger partial charge in [0.15, 0.2) is 0 Å². The first-order chi connectivity index (χ1) is 8.97. The molecular formula is C16H23NO2. The molecule has 0 saturated carbocycles. The third-order valence-corrected chi connectivity index (χ3v) is 2.64. The van der Waals surface area contributed by atoms with Crippen LogP contribution in [0.2, 0.25) is 0 Å². The second kappa shape index (κ2) is 7.72. The zero-order chi connectivity index (χ0) is 14.1. The molecule has 0 aliphatic rings. The van der Waals surface area contributed by atoms with Crippen molar-refractivity contribution in [1.29, 1.82) is 0 Å². The Labute approximate surface area is 115 Å². The van der Waals surface area contributed by atoms with Gasteiger partial charge in [-0.15, -0.1) is 0 Å². The Kier molecular flexibility index (Phi) is 6.26. The summed E-state index contributed by atoms with van der Waals surface area (Å²) < 4.78 is 5.12. The highest BCUT2D eigenvalue weighted by molar-refractivity contribution is 5.86. The van der Waals surface area contributed by atoms with E-state index >= 15 is 0 Å². The average Bonchev–Trinajstić information content (AvgIpc) is 2.36. The molecule has 1 aromatic heterocycles. The second-order valence-corrected chi connectivity index (χ2v) is 5.77. The smallest absolute Gasteiger partial charge is 0.330 e. The van der Waals surface area contributed by atoms with E-state index in [-0.39, 0.29) is 5.97 Å². The largest absolute Gasteiger partial charge is 0.463 e. The quantitative estimate of drug-likeness (QED) is 0.443. The summed E-state index contributed by atoms with van der Waals surface area (Å²) in [4.78, 5) is 15.5.